The number of piperazine rings is 1. The maximum Gasteiger partial charge on any atom is 0.260 e. The molecule has 3 heterocycles. The molecule has 30 heavy (non-hydrogen) atoms. The minimum atomic E-state index is -0.847. The first-order valence-electron chi connectivity index (χ1n) is 9.52. The van der Waals surface area contributed by atoms with E-state index >= 15 is 0 Å². The van der Waals surface area contributed by atoms with Gasteiger partial charge in [0.25, 0.3) is 5.91 Å². The SMILES string of the molecule is NC(=O)C1CN(c2ccc(F)cc2)CCN1C(=O)c1cnn2cc(CCO)cnc12. The van der Waals surface area contributed by atoms with E-state index in [1.165, 1.54) is 27.7 Å². The summed E-state index contributed by atoms with van der Waals surface area (Å²) in [5.74, 6) is -1.35. The summed E-state index contributed by atoms with van der Waals surface area (Å²) in [5, 5.41) is 13.3. The van der Waals surface area contributed by atoms with Gasteiger partial charge in [-0.15, -0.1) is 0 Å². The fraction of sp³-hybridized carbons (Fsp3) is 0.300. The number of nitrogens with two attached hydrogens (primary N) is 1. The number of carbonyl (C=O) groups excluding carboxylic acids is 2. The first kappa shape index (κ1) is 19.8. The molecule has 156 valence electrons. The summed E-state index contributed by atoms with van der Waals surface area (Å²) in [6.45, 7) is 0.928. The van der Waals surface area contributed by atoms with Crippen molar-refractivity contribution >= 4 is 23.1 Å². The van der Waals surface area contributed by atoms with Gasteiger partial charge in [0.2, 0.25) is 5.91 Å². The van der Waals surface area contributed by atoms with Gasteiger partial charge in [-0.1, -0.05) is 0 Å². The second-order valence-electron chi connectivity index (χ2n) is 7.10. The van der Waals surface area contributed by atoms with Crippen LogP contribution in [0.25, 0.3) is 5.65 Å². The number of carbonyl (C=O) groups is 2. The van der Waals surface area contributed by atoms with E-state index in [1.54, 1.807) is 24.5 Å². The average Bonchev–Trinajstić information content (AvgIpc) is 3.17. The van der Waals surface area contributed by atoms with E-state index in [4.69, 9.17) is 10.8 Å². The summed E-state index contributed by atoms with van der Waals surface area (Å²) in [6, 6.07) is 5.11. The van der Waals surface area contributed by atoms with Crippen molar-refractivity contribution < 1.29 is 19.1 Å². The summed E-state index contributed by atoms with van der Waals surface area (Å²) in [6.07, 6.45) is 5.13. The predicted molar refractivity (Wildman–Crippen MR) is 106 cm³/mol. The first-order valence-corrected chi connectivity index (χ1v) is 9.52. The summed E-state index contributed by atoms with van der Waals surface area (Å²) in [4.78, 5) is 33.0. The van der Waals surface area contributed by atoms with Crippen molar-refractivity contribution in [3.8, 4) is 0 Å². The molecule has 10 heteroatoms. The molecule has 0 bridgehead atoms. The number of primary amides is 1. The number of aromatic nitrogens is 3. The lowest BCUT2D eigenvalue weighted by atomic mass is 10.1. The second kappa shape index (κ2) is 8.07. The fourth-order valence-corrected chi connectivity index (χ4v) is 3.63. The Morgan fingerprint density at radius 2 is 1.97 bits per heavy atom. The van der Waals surface area contributed by atoms with Crippen molar-refractivity contribution in [3.05, 3.63) is 59.8 Å². The molecule has 1 saturated heterocycles. The Kier molecular flexibility index (Phi) is 5.32. The van der Waals surface area contributed by atoms with Crippen LogP contribution in [0, 0.1) is 5.82 Å². The zero-order chi connectivity index (χ0) is 21.3. The summed E-state index contributed by atoms with van der Waals surface area (Å²) >= 11 is 0. The van der Waals surface area contributed by atoms with E-state index in [1.807, 2.05) is 4.90 Å². The molecule has 3 N–H and O–H groups in total. The van der Waals surface area contributed by atoms with Gasteiger partial charge in [-0.2, -0.15) is 5.10 Å². The summed E-state index contributed by atoms with van der Waals surface area (Å²) in [7, 11) is 0. The number of benzene rings is 1. The van der Waals surface area contributed by atoms with Crippen molar-refractivity contribution in [1.82, 2.24) is 19.5 Å². The second-order valence-corrected chi connectivity index (χ2v) is 7.10. The molecule has 1 unspecified atom stereocenters. The van der Waals surface area contributed by atoms with Gasteiger partial charge in [-0.25, -0.2) is 13.9 Å². The molecule has 0 aliphatic carbocycles. The predicted octanol–water partition coefficient (Wildman–Crippen LogP) is 0.219. The van der Waals surface area contributed by atoms with Crippen LogP contribution in [0.3, 0.4) is 0 Å². The highest BCUT2D eigenvalue weighted by Gasteiger charge is 2.36. The number of hydrogen-bond donors (Lipinski definition) is 2. The number of amides is 2. The standard InChI is InChI=1S/C20H21FN6O3/c21-14-1-3-15(4-2-14)25-6-7-26(17(12-25)18(22)29)20(30)16-10-24-27-11-13(5-8-28)9-23-19(16)27/h1-4,9-11,17,28H,5-8,12H2,(H2,22,29). The van der Waals surface area contributed by atoms with Gasteiger partial charge < -0.3 is 20.6 Å². The van der Waals surface area contributed by atoms with Gasteiger partial charge in [-0.05, 0) is 36.2 Å². The van der Waals surface area contributed by atoms with Gasteiger partial charge in [0.05, 0.1) is 6.20 Å². The monoisotopic (exact) mass is 412 g/mol. The van der Waals surface area contributed by atoms with Gasteiger partial charge in [0, 0.05) is 44.3 Å². The maximum atomic E-state index is 13.2. The molecule has 2 aromatic heterocycles. The van der Waals surface area contributed by atoms with Crippen LogP contribution in [0.1, 0.15) is 15.9 Å². The highest BCUT2D eigenvalue weighted by Crippen LogP contribution is 2.22. The van der Waals surface area contributed by atoms with Crippen LogP contribution >= 0.6 is 0 Å². The molecule has 4 rings (SSSR count). The largest absolute Gasteiger partial charge is 0.396 e. The van der Waals surface area contributed by atoms with E-state index < -0.39 is 11.9 Å². The third kappa shape index (κ3) is 3.69. The Morgan fingerprint density at radius 3 is 2.67 bits per heavy atom. The number of fused-ring (bicyclic) bond motifs is 1. The Hall–Kier alpha value is -3.53. The lowest BCUT2D eigenvalue weighted by Crippen LogP contribution is -2.60. The van der Waals surface area contributed by atoms with Crippen molar-refractivity contribution in [1.29, 1.82) is 0 Å². The molecule has 3 aromatic rings. The molecule has 0 saturated carbocycles. The van der Waals surface area contributed by atoms with E-state index in [-0.39, 0.29) is 37.0 Å². The molecule has 0 radical (unpaired) electrons. The van der Waals surface area contributed by atoms with E-state index in [0.717, 1.165) is 11.3 Å². The van der Waals surface area contributed by atoms with E-state index in [0.29, 0.717) is 18.6 Å². The fourth-order valence-electron chi connectivity index (χ4n) is 3.63. The number of aliphatic hydroxyl groups is 1. The molecule has 0 spiro atoms. The molecule has 1 aliphatic rings. The Balaban J connectivity index is 1.58. The Labute approximate surface area is 171 Å². The Bertz CT molecular complexity index is 1080. The number of hydrogen-bond acceptors (Lipinski definition) is 6. The summed E-state index contributed by atoms with van der Waals surface area (Å²) in [5.41, 5.74) is 7.78. The number of halogens is 1. The zero-order valence-electron chi connectivity index (χ0n) is 16.1. The van der Waals surface area contributed by atoms with Crippen LogP contribution in [0.15, 0.2) is 42.9 Å². The van der Waals surface area contributed by atoms with Crippen molar-refractivity contribution in [2.45, 2.75) is 12.5 Å². The number of nitrogens with zero attached hydrogens (tertiary/aromatic N) is 5. The minimum Gasteiger partial charge on any atom is -0.396 e. The lowest BCUT2D eigenvalue weighted by molar-refractivity contribution is -0.122. The van der Waals surface area contributed by atoms with Crippen LogP contribution < -0.4 is 10.6 Å². The van der Waals surface area contributed by atoms with Crippen molar-refractivity contribution in [2.75, 3.05) is 31.1 Å². The Morgan fingerprint density at radius 1 is 1.20 bits per heavy atom. The van der Waals surface area contributed by atoms with Crippen LogP contribution in [-0.2, 0) is 11.2 Å². The third-order valence-electron chi connectivity index (χ3n) is 5.20. The number of rotatable bonds is 5. The van der Waals surface area contributed by atoms with Gasteiger partial charge in [-0.3, -0.25) is 9.59 Å². The smallest absolute Gasteiger partial charge is 0.260 e. The summed E-state index contributed by atoms with van der Waals surface area (Å²) < 4.78 is 14.7. The average molecular weight is 412 g/mol. The van der Waals surface area contributed by atoms with E-state index in [2.05, 4.69) is 10.1 Å². The number of anilines is 1. The van der Waals surface area contributed by atoms with Crippen LogP contribution in [0.5, 0.6) is 0 Å². The zero-order valence-corrected chi connectivity index (χ0v) is 16.1. The van der Waals surface area contributed by atoms with Crippen LogP contribution in [0.4, 0.5) is 10.1 Å². The quantitative estimate of drug-likeness (QED) is 0.619. The molecule has 9 nitrogen and oxygen atoms in total. The molecule has 1 aromatic carbocycles. The van der Waals surface area contributed by atoms with Crippen LogP contribution in [0.2, 0.25) is 0 Å². The molecule has 1 atom stereocenters. The topological polar surface area (TPSA) is 117 Å². The molecular weight excluding hydrogens is 391 g/mol. The van der Waals surface area contributed by atoms with Gasteiger partial charge in [0.1, 0.15) is 17.4 Å². The normalized spacial score (nSPS) is 16.8. The molecule has 1 aliphatic heterocycles. The third-order valence-corrected chi connectivity index (χ3v) is 5.20. The highest BCUT2D eigenvalue weighted by atomic mass is 19.1. The molecular formula is C20H21FN6O3. The van der Waals surface area contributed by atoms with Gasteiger partial charge >= 0.3 is 0 Å². The highest BCUT2D eigenvalue weighted by molar-refractivity contribution is 6.02. The van der Waals surface area contributed by atoms with Crippen LogP contribution in [-0.4, -0.2) is 68.7 Å². The minimum absolute atomic E-state index is 0.0150. The lowest BCUT2D eigenvalue weighted by Gasteiger charge is -2.40. The maximum absolute atomic E-state index is 13.2. The molecule has 2 amide bonds. The van der Waals surface area contributed by atoms with Crippen molar-refractivity contribution in [3.63, 3.8) is 0 Å². The first-order chi connectivity index (χ1) is 14.5. The van der Waals surface area contributed by atoms with Gasteiger partial charge in [0.15, 0.2) is 5.65 Å². The van der Waals surface area contributed by atoms with E-state index in [9.17, 15) is 14.0 Å². The number of aliphatic hydroxyl groups excluding tert-OH is 1. The molecule has 1 fully saturated rings. The van der Waals surface area contributed by atoms with Crippen molar-refractivity contribution in [2.24, 2.45) is 5.73 Å².